The lowest BCUT2D eigenvalue weighted by atomic mass is 9.37. The highest BCUT2D eigenvalue weighted by atomic mass is 16.3. The van der Waals surface area contributed by atoms with Crippen molar-refractivity contribution in [1.29, 1.82) is 0 Å². The Hall–Kier alpha value is -3.32. The average molecular weight is 645 g/mol. The largest absolute Gasteiger partial charge is 0.455 e. The van der Waals surface area contributed by atoms with E-state index < -0.39 is 0 Å². The van der Waals surface area contributed by atoms with Crippen LogP contribution in [0.3, 0.4) is 0 Å². The molecule has 0 amide bonds. The molecule has 0 spiro atoms. The number of rotatable bonds is 3. The molecule has 8 unspecified atom stereocenters. The number of para-hydroxylation sites is 1. The van der Waals surface area contributed by atoms with Gasteiger partial charge in [0.15, 0.2) is 0 Å². The van der Waals surface area contributed by atoms with E-state index in [0.717, 1.165) is 76.3 Å². The van der Waals surface area contributed by atoms with Crippen LogP contribution in [0, 0.1) is 59.2 Å². The SMILES string of the molecule is c1ccc(-c2cccc3c2oc2ccc(-c4cccc(C5CC6C7CCCCC7C7CCCC8C9CCCCC9C(C5)C6C78)c4)cc23)cc1. The van der Waals surface area contributed by atoms with Gasteiger partial charge in [-0.05, 0) is 151 Å². The summed E-state index contributed by atoms with van der Waals surface area (Å²) in [5.74, 6) is 11.1. The fourth-order valence-electron chi connectivity index (χ4n) is 14.3. The summed E-state index contributed by atoms with van der Waals surface area (Å²) in [5, 5.41) is 2.44. The summed E-state index contributed by atoms with van der Waals surface area (Å²) in [4.78, 5) is 0. The van der Waals surface area contributed by atoms with Crippen molar-refractivity contribution in [3.63, 3.8) is 0 Å². The molecule has 0 aliphatic heterocycles. The van der Waals surface area contributed by atoms with Crippen LogP contribution in [0.1, 0.15) is 95.0 Å². The molecule has 1 heteroatoms. The third-order valence-electron chi connectivity index (χ3n) is 15.8. The highest BCUT2D eigenvalue weighted by molar-refractivity contribution is 6.10. The Morgan fingerprint density at radius 2 is 1.02 bits per heavy atom. The molecule has 4 aromatic carbocycles. The molecule has 6 saturated carbocycles. The Labute approximate surface area is 292 Å². The molecule has 5 aromatic rings. The van der Waals surface area contributed by atoms with E-state index >= 15 is 0 Å². The van der Waals surface area contributed by atoms with Crippen molar-refractivity contribution in [2.45, 2.75) is 89.4 Å². The fourth-order valence-corrected chi connectivity index (χ4v) is 14.3. The molecule has 8 atom stereocenters. The first-order valence-electron chi connectivity index (χ1n) is 20.4. The zero-order valence-electron chi connectivity index (χ0n) is 29.1. The zero-order chi connectivity index (χ0) is 32.1. The van der Waals surface area contributed by atoms with E-state index in [2.05, 4.69) is 91.0 Å². The third-order valence-corrected chi connectivity index (χ3v) is 15.8. The molecule has 49 heavy (non-hydrogen) atoms. The van der Waals surface area contributed by atoms with Crippen LogP contribution in [0.25, 0.3) is 44.2 Å². The maximum Gasteiger partial charge on any atom is 0.143 e. The van der Waals surface area contributed by atoms with Gasteiger partial charge in [-0.3, -0.25) is 0 Å². The highest BCUT2D eigenvalue weighted by Gasteiger charge is 2.63. The summed E-state index contributed by atoms with van der Waals surface area (Å²) >= 11 is 0. The first kappa shape index (κ1) is 29.4. The van der Waals surface area contributed by atoms with E-state index in [9.17, 15) is 0 Å². The Morgan fingerprint density at radius 1 is 0.429 bits per heavy atom. The molecule has 6 fully saturated rings. The fraction of sp³-hybridized carbons (Fsp3) is 0.500. The minimum absolute atomic E-state index is 0.722. The van der Waals surface area contributed by atoms with Crippen LogP contribution in [0.5, 0.6) is 0 Å². The first-order valence-corrected chi connectivity index (χ1v) is 20.4. The van der Waals surface area contributed by atoms with Crippen LogP contribution in [0.4, 0.5) is 0 Å². The Kier molecular flexibility index (Phi) is 6.97. The molecule has 0 saturated heterocycles. The third kappa shape index (κ3) is 4.55. The van der Waals surface area contributed by atoms with E-state index in [1.54, 1.807) is 37.7 Å². The Morgan fingerprint density at radius 3 is 1.73 bits per heavy atom. The van der Waals surface area contributed by atoms with Crippen molar-refractivity contribution in [2.75, 3.05) is 0 Å². The number of fused-ring (bicyclic) bond motifs is 9. The van der Waals surface area contributed by atoms with E-state index in [-0.39, 0.29) is 0 Å². The standard InChI is InChI=1S/C48H52O/c1-2-11-29(12-3-1)34-19-9-22-41-42-26-32(23-24-45(42)49-48(34)41)30-13-8-14-31(25-30)33-27-43-37-17-6-4-15-35(37)39-20-10-21-40-36-16-5-7-18-38(36)44(28-33)47(43)46(39)40/h1-3,8-9,11-14,19,22-26,33,35-40,43-44,46-47H,4-7,10,15-18,20-21,27-28H2. The van der Waals surface area contributed by atoms with Crippen molar-refractivity contribution in [3.05, 3.63) is 96.6 Å². The van der Waals surface area contributed by atoms with Crippen LogP contribution >= 0.6 is 0 Å². The number of hydrogen-bond donors (Lipinski definition) is 0. The highest BCUT2D eigenvalue weighted by Crippen LogP contribution is 2.70. The lowest BCUT2D eigenvalue weighted by Crippen LogP contribution is -2.61. The summed E-state index contributed by atoms with van der Waals surface area (Å²) in [6, 6.07) is 34.1. The molecule has 6 aliphatic rings. The Bertz CT molecular complexity index is 1960. The lowest BCUT2D eigenvalue weighted by molar-refractivity contribution is -0.189. The molecule has 0 N–H and O–H groups in total. The van der Waals surface area contributed by atoms with Gasteiger partial charge in [0.25, 0.3) is 0 Å². The lowest BCUT2D eigenvalue weighted by Gasteiger charge is -2.68. The zero-order valence-corrected chi connectivity index (χ0v) is 29.1. The van der Waals surface area contributed by atoms with E-state index in [1.807, 2.05) is 0 Å². The molecule has 11 rings (SSSR count). The van der Waals surface area contributed by atoms with Crippen molar-refractivity contribution in [3.8, 4) is 22.3 Å². The quantitative estimate of drug-likeness (QED) is 0.190. The van der Waals surface area contributed by atoms with Crippen molar-refractivity contribution in [1.82, 2.24) is 0 Å². The van der Waals surface area contributed by atoms with Crippen LogP contribution < -0.4 is 0 Å². The van der Waals surface area contributed by atoms with Crippen LogP contribution in [0.15, 0.2) is 95.4 Å². The van der Waals surface area contributed by atoms with Gasteiger partial charge in [0.2, 0.25) is 0 Å². The van der Waals surface area contributed by atoms with Gasteiger partial charge in [-0.15, -0.1) is 0 Å². The van der Waals surface area contributed by atoms with Gasteiger partial charge in [-0.2, -0.15) is 0 Å². The van der Waals surface area contributed by atoms with Crippen LogP contribution in [0.2, 0.25) is 0 Å². The molecule has 250 valence electrons. The van der Waals surface area contributed by atoms with Gasteiger partial charge in [-0.1, -0.05) is 111 Å². The monoisotopic (exact) mass is 644 g/mol. The van der Waals surface area contributed by atoms with Gasteiger partial charge >= 0.3 is 0 Å². The summed E-state index contributed by atoms with van der Waals surface area (Å²) < 4.78 is 6.55. The molecular formula is C48H52O. The minimum Gasteiger partial charge on any atom is -0.455 e. The van der Waals surface area contributed by atoms with Crippen LogP contribution in [-0.2, 0) is 0 Å². The van der Waals surface area contributed by atoms with Gasteiger partial charge in [0, 0.05) is 16.3 Å². The second-order valence-electron chi connectivity index (χ2n) is 17.6. The summed E-state index contributed by atoms with van der Waals surface area (Å²) in [5.41, 5.74) is 8.68. The van der Waals surface area contributed by atoms with Crippen molar-refractivity contribution < 1.29 is 4.42 Å². The van der Waals surface area contributed by atoms with Gasteiger partial charge in [0.05, 0.1) is 0 Å². The first-order chi connectivity index (χ1) is 24.3. The number of furan rings is 1. The normalized spacial score (nSPS) is 36.5. The molecule has 0 radical (unpaired) electrons. The van der Waals surface area contributed by atoms with Crippen molar-refractivity contribution >= 4 is 21.9 Å². The molecule has 0 bridgehead atoms. The van der Waals surface area contributed by atoms with E-state index in [4.69, 9.17) is 4.42 Å². The van der Waals surface area contributed by atoms with Gasteiger partial charge in [0.1, 0.15) is 11.2 Å². The van der Waals surface area contributed by atoms with Gasteiger partial charge < -0.3 is 4.42 Å². The predicted molar refractivity (Wildman–Crippen MR) is 202 cm³/mol. The molecular weight excluding hydrogens is 593 g/mol. The van der Waals surface area contributed by atoms with E-state index in [1.165, 1.54) is 84.4 Å². The molecule has 1 aromatic heterocycles. The maximum absolute atomic E-state index is 6.55. The second kappa shape index (κ2) is 11.6. The Balaban J connectivity index is 0.962. The van der Waals surface area contributed by atoms with E-state index in [0.29, 0.717) is 0 Å². The van der Waals surface area contributed by atoms with Gasteiger partial charge in [-0.25, -0.2) is 0 Å². The smallest absolute Gasteiger partial charge is 0.143 e. The summed E-state index contributed by atoms with van der Waals surface area (Å²) in [6.45, 7) is 0. The predicted octanol–water partition coefficient (Wildman–Crippen LogP) is 13.3. The number of hydrogen-bond acceptors (Lipinski definition) is 1. The number of benzene rings is 4. The topological polar surface area (TPSA) is 13.1 Å². The summed E-state index contributed by atoms with van der Waals surface area (Å²) in [6.07, 6.45) is 19.8. The van der Waals surface area contributed by atoms with Crippen molar-refractivity contribution in [2.24, 2.45) is 59.2 Å². The molecule has 1 heterocycles. The summed E-state index contributed by atoms with van der Waals surface area (Å²) in [7, 11) is 0. The van der Waals surface area contributed by atoms with Crippen LogP contribution in [-0.4, -0.2) is 0 Å². The minimum atomic E-state index is 0.722. The maximum atomic E-state index is 6.55. The average Bonchev–Trinajstić information content (AvgIpc) is 3.56. The molecule has 1 nitrogen and oxygen atoms in total. The second-order valence-corrected chi connectivity index (χ2v) is 17.6. The molecule has 6 aliphatic carbocycles.